The zero-order chi connectivity index (χ0) is 24.3. The van der Waals surface area contributed by atoms with Gasteiger partial charge in [0.1, 0.15) is 6.33 Å². The highest BCUT2D eigenvalue weighted by Crippen LogP contribution is 2.27. The molecule has 0 saturated carbocycles. The van der Waals surface area contributed by atoms with E-state index in [4.69, 9.17) is 0 Å². The molecule has 0 fully saturated rings. The number of nitrogens with zero attached hydrogens (tertiary/aromatic N) is 3. The van der Waals surface area contributed by atoms with Gasteiger partial charge in [0.05, 0.1) is 4.90 Å². The lowest BCUT2D eigenvalue weighted by molar-refractivity contribution is 0.102. The number of nitrogens with one attached hydrogen (secondary N) is 2. The van der Waals surface area contributed by atoms with Crippen molar-refractivity contribution in [2.45, 2.75) is 28.8 Å². The van der Waals surface area contributed by atoms with Gasteiger partial charge in [-0.2, -0.15) is 0 Å². The summed E-state index contributed by atoms with van der Waals surface area (Å²) < 4.78 is 30.2. The lowest BCUT2D eigenvalue weighted by Crippen LogP contribution is -2.17. The van der Waals surface area contributed by atoms with Crippen molar-refractivity contribution in [2.24, 2.45) is 7.05 Å². The third kappa shape index (κ3) is 5.46. The van der Waals surface area contributed by atoms with Gasteiger partial charge in [0, 0.05) is 28.9 Å². The number of carbonyl (C=O) groups excluding carboxylic acids is 1. The Balaban J connectivity index is 1.50. The van der Waals surface area contributed by atoms with Crippen molar-refractivity contribution in [3.05, 3.63) is 89.7 Å². The van der Waals surface area contributed by atoms with E-state index in [0.717, 1.165) is 15.6 Å². The Labute approximate surface area is 202 Å². The largest absolute Gasteiger partial charge is 0.322 e. The number of carbonyl (C=O) groups is 1. The first kappa shape index (κ1) is 23.5. The Kier molecular flexibility index (Phi) is 6.71. The van der Waals surface area contributed by atoms with E-state index in [9.17, 15) is 13.2 Å². The average molecular weight is 494 g/mol. The monoisotopic (exact) mass is 493 g/mol. The maximum absolute atomic E-state index is 12.9. The van der Waals surface area contributed by atoms with E-state index in [1.165, 1.54) is 23.9 Å². The maximum atomic E-state index is 12.9. The summed E-state index contributed by atoms with van der Waals surface area (Å²) in [5, 5.41) is 11.5. The Morgan fingerprint density at radius 2 is 1.74 bits per heavy atom. The fraction of sp³-hybridized carbons (Fsp3) is 0.125. The average Bonchev–Trinajstić information content (AvgIpc) is 3.19. The molecule has 3 aromatic carbocycles. The Bertz CT molecular complexity index is 1450. The van der Waals surface area contributed by atoms with Gasteiger partial charge in [-0.3, -0.25) is 9.52 Å². The number of rotatable bonds is 7. The van der Waals surface area contributed by atoms with Gasteiger partial charge >= 0.3 is 0 Å². The molecule has 10 heteroatoms. The smallest absolute Gasteiger partial charge is 0.261 e. The number of aromatic nitrogens is 3. The van der Waals surface area contributed by atoms with Crippen molar-refractivity contribution in [3.8, 4) is 0 Å². The normalized spacial score (nSPS) is 11.3. The zero-order valence-electron chi connectivity index (χ0n) is 18.8. The molecule has 0 spiro atoms. The second-order valence-electron chi connectivity index (χ2n) is 7.76. The molecule has 0 unspecified atom stereocenters. The number of hydrogen-bond acceptors (Lipinski definition) is 6. The summed E-state index contributed by atoms with van der Waals surface area (Å²) in [6.45, 7) is 3.65. The van der Waals surface area contributed by atoms with E-state index in [2.05, 4.69) is 20.2 Å². The van der Waals surface area contributed by atoms with Crippen LogP contribution in [0.3, 0.4) is 0 Å². The highest BCUT2D eigenvalue weighted by molar-refractivity contribution is 7.99. The van der Waals surface area contributed by atoms with Crippen LogP contribution in [-0.4, -0.2) is 29.1 Å². The standard InChI is InChI=1S/C24H23N5O3S2/c1-16-5-4-6-19(13-16)28-34(31,32)21-12-7-17(2)22(14-21)23(30)26-18-8-10-20(11-9-18)33-24-27-25-15-29(24)3/h4-15,28H,1-3H3,(H,26,30). The van der Waals surface area contributed by atoms with Crippen molar-refractivity contribution in [1.82, 2.24) is 14.8 Å². The Morgan fingerprint density at radius 1 is 0.971 bits per heavy atom. The second kappa shape index (κ2) is 9.70. The number of hydrogen-bond donors (Lipinski definition) is 2. The molecule has 8 nitrogen and oxygen atoms in total. The first-order valence-electron chi connectivity index (χ1n) is 10.3. The number of aryl methyl sites for hydroxylation is 3. The Hall–Kier alpha value is -3.63. The van der Waals surface area contributed by atoms with Gasteiger partial charge in [-0.15, -0.1) is 10.2 Å². The van der Waals surface area contributed by atoms with E-state index in [0.29, 0.717) is 16.9 Å². The van der Waals surface area contributed by atoms with Crippen LogP contribution in [0.15, 0.2) is 88.0 Å². The SMILES string of the molecule is Cc1cccc(NS(=O)(=O)c2ccc(C)c(C(=O)Nc3ccc(Sc4nncn4C)cc3)c2)c1. The summed E-state index contributed by atoms with van der Waals surface area (Å²) in [7, 11) is -1.99. The third-order valence-corrected chi connectivity index (χ3v) is 7.46. The lowest BCUT2D eigenvalue weighted by atomic mass is 10.1. The summed E-state index contributed by atoms with van der Waals surface area (Å²) in [6, 6.07) is 18.9. The minimum atomic E-state index is -3.86. The predicted molar refractivity (Wildman–Crippen MR) is 133 cm³/mol. The fourth-order valence-electron chi connectivity index (χ4n) is 3.21. The van der Waals surface area contributed by atoms with Crippen LogP contribution in [0.2, 0.25) is 0 Å². The minimum Gasteiger partial charge on any atom is -0.322 e. The van der Waals surface area contributed by atoms with E-state index in [1.54, 1.807) is 49.6 Å². The van der Waals surface area contributed by atoms with Crippen molar-refractivity contribution in [3.63, 3.8) is 0 Å². The molecule has 0 aliphatic rings. The van der Waals surface area contributed by atoms with Gasteiger partial charge in [0.25, 0.3) is 15.9 Å². The zero-order valence-corrected chi connectivity index (χ0v) is 20.4. The van der Waals surface area contributed by atoms with Crippen LogP contribution in [0.1, 0.15) is 21.5 Å². The number of amides is 1. The van der Waals surface area contributed by atoms with Crippen LogP contribution in [0.5, 0.6) is 0 Å². The topological polar surface area (TPSA) is 106 Å². The Morgan fingerprint density at radius 3 is 2.41 bits per heavy atom. The summed E-state index contributed by atoms with van der Waals surface area (Å²) in [6.07, 6.45) is 1.63. The molecule has 4 rings (SSSR count). The van der Waals surface area contributed by atoms with E-state index in [1.807, 2.05) is 36.7 Å². The summed E-state index contributed by atoms with van der Waals surface area (Å²) >= 11 is 1.46. The van der Waals surface area contributed by atoms with Crippen molar-refractivity contribution in [2.75, 3.05) is 10.0 Å². The molecule has 0 bridgehead atoms. The fourth-order valence-corrected chi connectivity index (χ4v) is 5.05. The molecule has 0 radical (unpaired) electrons. The summed E-state index contributed by atoms with van der Waals surface area (Å²) in [5.74, 6) is -0.390. The maximum Gasteiger partial charge on any atom is 0.261 e. The molecule has 4 aromatic rings. The van der Waals surface area contributed by atoms with Crippen molar-refractivity contribution in [1.29, 1.82) is 0 Å². The molecular weight excluding hydrogens is 470 g/mol. The van der Waals surface area contributed by atoms with Crippen LogP contribution in [0, 0.1) is 13.8 Å². The molecule has 0 aliphatic heterocycles. The van der Waals surface area contributed by atoms with Crippen LogP contribution in [0.25, 0.3) is 0 Å². The van der Waals surface area contributed by atoms with E-state index < -0.39 is 10.0 Å². The molecule has 34 heavy (non-hydrogen) atoms. The predicted octanol–water partition coefficient (Wildman–Crippen LogP) is 4.64. The first-order chi connectivity index (χ1) is 16.2. The lowest BCUT2D eigenvalue weighted by Gasteiger charge is -2.12. The number of benzene rings is 3. The molecule has 1 aromatic heterocycles. The molecular formula is C24H23N5O3S2. The van der Waals surface area contributed by atoms with Crippen LogP contribution >= 0.6 is 11.8 Å². The molecule has 1 heterocycles. The second-order valence-corrected chi connectivity index (χ2v) is 10.5. The van der Waals surface area contributed by atoms with Crippen LogP contribution in [0.4, 0.5) is 11.4 Å². The third-order valence-electron chi connectivity index (χ3n) is 5.03. The van der Waals surface area contributed by atoms with Gasteiger partial charge in [-0.1, -0.05) is 18.2 Å². The van der Waals surface area contributed by atoms with Gasteiger partial charge < -0.3 is 9.88 Å². The molecule has 1 amide bonds. The van der Waals surface area contributed by atoms with Gasteiger partial charge in [-0.05, 0) is 85.3 Å². The summed E-state index contributed by atoms with van der Waals surface area (Å²) in [5.41, 5.74) is 2.94. The van der Waals surface area contributed by atoms with Crippen LogP contribution in [-0.2, 0) is 17.1 Å². The summed E-state index contributed by atoms with van der Waals surface area (Å²) in [4.78, 5) is 13.9. The highest BCUT2D eigenvalue weighted by atomic mass is 32.2. The molecule has 174 valence electrons. The van der Waals surface area contributed by atoms with E-state index in [-0.39, 0.29) is 16.4 Å². The number of anilines is 2. The van der Waals surface area contributed by atoms with Gasteiger partial charge in [0.2, 0.25) is 0 Å². The quantitative estimate of drug-likeness (QED) is 0.389. The van der Waals surface area contributed by atoms with Gasteiger partial charge in [-0.25, -0.2) is 8.42 Å². The van der Waals surface area contributed by atoms with Gasteiger partial charge in [0.15, 0.2) is 5.16 Å². The van der Waals surface area contributed by atoms with Crippen molar-refractivity contribution < 1.29 is 13.2 Å². The van der Waals surface area contributed by atoms with Crippen molar-refractivity contribution >= 4 is 39.1 Å². The first-order valence-corrected chi connectivity index (χ1v) is 12.6. The molecule has 0 saturated heterocycles. The molecule has 0 atom stereocenters. The minimum absolute atomic E-state index is 0.0141. The van der Waals surface area contributed by atoms with E-state index >= 15 is 0 Å². The highest BCUT2D eigenvalue weighted by Gasteiger charge is 2.19. The van der Waals surface area contributed by atoms with Crippen LogP contribution < -0.4 is 10.0 Å². The molecule has 0 aliphatic carbocycles. The molecule has 2 N–H and O–H groups in total. The number of sulfonamides is 1.